The minimum absolute atomic E-state index is 0.182. The molecule has 144 valence electrons. The molecule has 0 unspecified atom stereocenters. The Morgan fingerprint density at radius 1 is 1.19 bits per heavy atom. The van der Waals surface area contributed by atoms with E-state index in [1.165, 1.54) is 4.90 Å². The van der Waals surface area contributed by atoms with Crippen LogP contribution in [0.15, 0.2) is 18.2 Å². The minimum Gasteiger partial charge on any atom is -0.444 e. The highest BCUT2D eigenvalue weighted by Crippen LogP contribution is 2.32. The Kier molecular flexibility index (Phi) is 5.10. The maximum Gasteiger partial charge on any atom is 0.410 e. The lowest BCUT2D eigenvalue weighted by atomic mass is 10.0. The van der Waals surface area contributed by atoms with Gasteiger partial charge in [0.25, 0.3) is 5.91 Å². The summed E-state index contributed by atoms with van der Waals surface area (Å²) >= 11 is 12.1. The quantitative estimate of drug-likeness (QED) is 0.816. The maximum absolute atomic E-state index is 12.4. The van der Waals surface area contributed by atoms with Crippen molar-refractivity contribution in [2.75, 3.05) is 6.54 Å². The summed E-state index contributed by atoms with van der Waals surface area (Å²) in [6, 6.07) is 4.99. The van der Waals surface area contributed by atoms with Crippen molar-refractivity contribution < 1.29 is 14.3 Å². The van der Waals surface area contributed by atoms with E-state index < -0.39 is 17.6 Å². The van der Waals surface area contributed by atoms with Gasteiger partial charge in [-0.2, -0.15) is 5.10 Å². The van der Waals surface area contributed by atoms with E-state index >= 15 is 0 Å². The number of carbonyl (C=O) groups is 2. The number of fused-ring (bicyclic) bond motifs is 1. The molecule has 0 atom stereocenters. The summed E-state index contributed by atoms with van der Waals surface area (Å²) in [4.78, 5) is 26.1. The van der Waals surface area contributed by atoms with Gasteiger partial charge in [-0.15, -0.1) is 0 Å². The summed E-state index contributed by atoms with van der Waals surface area (Å²) in [5.74, 6) is -0.622. The van der Waals surface area contributed by atoms with Crippen LogP contribution in [0.2, 0.25) is 10.0 Å². The third-order valence-electron chi connectivity index (χ3n) is 4.07. The van der Waals surface area contributed by atoms with Gasteiger partial charge < -0.3 is 15.4 Å². The monoisotopic (exact) mass is 410 g/mol. The van der Waals surface area contributed by atoms with Gasteiger partial charge >= 0.3 is 6.09 Å². The predicted octanol–water partition coefficient (Wildman–Crippen LogP) is 3.71. The fraction of sp³-hybridized carbons (Fsp3) is 0.389. The van der Waals surface area contributed by atoms with Crippen molar-refractivity contribution in [1.29, 1.82) is 0 Å². The molecule has 1 aromatic heterocycles. The molecule has 0 saturated heterocycles. The molecule has 2 aromatic rings. The van der Waals surface area contributed by atoms with Gasteiger partial charge in [0.1, 0.15) is 11.3 Å². The molecule has 0 spiro atoms. The predicted molar refractivity (Wildman–Crippen MR) is 103 cm³/mol. The molecule has 3 rings (SSSR count). The topological polar surface area (TPSA) is 90.4 Å². The van der Waals surface area contributed by atoms with Gasteiger partial charge in [0.2, 0.25) is 0 Å². The molecule has 0 aliphatic carbocycles. The van der Waals surface area contributed by atoms with Gasteiger partial charge in [-0.05, 0) is 32.9 Å². The Labute approximate surface area is 167 Å². The van der Waals surface area contributed by atoms with Gasteiger partial charge in [-0.25, -0.2) is 4.79 Å². The Bertz CT molecular complexity index is 918. The number of nitrogens with zero attached hydrogens (tertiary/aromatic N) is 3. The van der Waals surface area contributed by atoms with E-state index in [9.17, 15) is 9.59 Å². The summed E-state index contributed by atoms with van der Waals surface area (Å²) < 4.78 is 7.12. The van der Waals surface area contributed by atoms with Gasteiger partial charge in [-0.1, -0.05) is 29.3 Å². The molecule has 1 aromatic carbocycles. The second-order valence-electron chi connectivity index (χ2n) is 7.29. The van der Waals surface area contributed by atoms with E-state index in [4.69, 9.17) is 33.7 Å². The second-order valence-corrected chi connectivity index (χ2v) is 8.10. The molecule has 7 nitrogen and oxygen atoms in total. The average Bonchev–Trinajstić information content (AvgIpc) is 2.94. The number of nitrogens with two attached hydrogens (primary N) is 1. The van der Waals surface area contributed by atoms with Crippen LogP contribution in [0.1, 0.15) is 36.8 Å². The van der Waals surface area contributed by atoms with Crippen LogP contribution < -0.4 is 5.73 Å². The molecule has 2 N–H and O–H groups in total. The lowest BCUT2D eigenvalue weighted by Gasteiger charge is -2.30. The molecule has 0 fully saturated rings. The van der Waals surface area contributed by atoms with E-state index in [0.717, 1.165) is 0 Å². The first-order chi connectivity index (χ1) is 12.6. The van der Waals surface area contributed by atoms with Crippen molar-refractivity contribution in [2.45, 2.75) is 39.5 Å². The lowest BCUT2D eigenvalue weighted by molar-refractivity contribution is 0.0193. The molecule has 1 aliphatic rings. The zero-order valence-corrected chi connectivity index (χ0v) is 16.8. The Balaban J connectivity index is 1.99. The number of hydrogen-bond acceptors (Lipinski definition) is 4. The standard InChI is InChI=1S/C18H20Cl2N4O3/c1-18(2,3)27-17(26)23-6-7-24-13(9-23)14(16(21)25)15(22-24)10-4-5-11(19)12(20)8-10/h4-5,8H,6-7,9H2,1-3H3,(H2,21,25). The third kappa shape index (κ3) is 4.04. The largest absolute Gasteiger partial charge is 0.444 e. The van der Waals surface area contributed by atoms with Crippen molar-refractivity contribution in [2.24, 2.45) is 5.73 Å². The number of halogens is 2. The van der Waals surface area contributed by atoms with Crippen LogP contribution in [-0.4, -0.2) is 38.8 Å². The number of primary amides is 1. The SMILES string of the molecule is CC(C)(C)OC(=O)N1CCn2nc(-c3ccc(Cl)c(Cl)c3)c(C(N)=O)c2C1. The summed E-state index contributed by atoms with van der Waals surface area (Å²) in [5.41, 5.74) is 6.90. The van der Waals surface area contributed by atoms with Crippen molar-refractivity contribution in [3.63, 3.8) is 0 Å². The van der Waals surface area contributed by atoms with Gasteiger partial charge in [0.05, 0.1) is 34.4 Å². The minimum atomic E-state index is -0.622. The average molecular weight is 411 g/mol. The van der Waals surface area contributed by atoms with Gasteiger partial charge in [0, 0.05) is 12.1 Å². The number of benzene rings is 1. The molecule has 0 radical (unpaired) electrons. The van der Waals surface area contributed by atoms with Crippen molar-refractivity contribution in [1.82, 2.24) is 14.7 Å². The fourth-order valence-electron chi connectivity index (χ4n) is 2.90. The smallest absolute Gasteiger partial charge is 0.410 e. The number of ether oxygens (including phenoxy) is 1. The summed E-state index contributed by atoms with van der Waals surface area (Å²) in [6.07, 6.45) is -0.443. The van der Waals surface area contributed by atoms with E-state index in [1.807, 2.05) is 0 Å². The number of carbonyl (C=O) groups excluding carboxylic acids is 2. The zero-order valence-electron chi connectivity index (χ0n) is 15.3. The number of aromatic nitrogens is 2. The van der Waals surface area contributed by atoms with Crippen LogP contribution >= 0.6 is 23.2 Å². The Morgan fingerprint density at radius 2 is 1.89 bits per heavy atom. The van der Waals surface area contributed by atoms with E-state index in [0.29, 0.717) is 40.1 Å². The second kappa shape index (κ2) is 7.05. The highest BCUT2D eigenvalue weighted by Gasteiger charge is 2.31. The van der Waals surface area contributed by atoms with Crippen LogP contribution in [0, 0.1) is 0 Å². The molecule has 0 saturated carbocycles. The maximum atomic E-state index is 12.4. The molecule has 1 aliphatic heterocycles. The highest BCUT2D eigenvalue weighted by molar-refractivity contribution is 6.42. The van der Waals surface area contributed by atoms with E-state index in [-0.39, 0.29) is 12.1 Å². The zero-order chi connectivity index (χ0) is 19.9. The van der Waals surface area contributed by atoms with Gasteiger partial charge in [0.15, 0.2) is 0 Å². The molecule has 2 heterocycles. The lowest BCUT2D eigenvalue weighted by Crippen LogP contribution is -2.42. The Hall–Kier alpha value is -2.25. The number of rotatable bonds is 2. The van der Waals surface area contributed by atoms with Crippen molar-refractivity contribution >= 4 is 35.2 Å². The first-order valence-corrected chi connectivity index (χ1v) is 9.15. The third-order valence-corrected chi connectivity index (χ3v) is 4.81. The van der Waals surface area contributed by atoms with Crippen LogP contribution in [-0.2, 0) is 17.8 Å². The molecular formula is C18H20Cl2N4O3. The van der Waals surface area contributed by atoms with Crippen molar-refractivity contribution in [3.8, 4) is 11.3 Å². The normalized spacial score (nSPS) is 14.0. The Morgan fingerprint density at radius 3 is 2.48 bits per heavy atom. The number of amides is 2. The molecule has 9 heteroatoms. The molecule has 0 bridgehead atoms. The van der Waals surface area contributed by atoms with Crippen LogP contribution in [0.4, 0.5) is 4.79 Å². The first kappa shape index (κ1) is 19.5. The van der Waals surface area contributed by atoms with Crippen LogP contribution in [0.3, 0.4) is 0 Å². The summed E-state index contributed by atoms with van der Waals surface area (Å²) in [5, 5.41) is 5.27. The molecular weight excluding hydrogens is 391 g/mol. The molecule has 27 heavy (non-hydrogen) atoms. The fourth-order valence-corrected chi connectivity index (χ4v) is 3.20. The molecule has 2 amide bonds. The van der Waals surface area contributed by atoms with Crippen molar-refractivity contribution in [3.05, 3.63) is 39.5 Å². The van der Waals surface area contributed by atoms with Gasteiger partial charge in [-0.3, -0.25) is 9.48 Å². The number of hydrogen-bond donors (Lipinski definition) is 1. The highest BCUT2D eigenvalue weighted by atomic mass is 35.5. The summed E-state index contributed by atoms with van der Waals surface area (Å²) in [7, 11) is 0. The summed E-state index contributed by atoms with van der Waals surface area (Å²) in [6.45, 7) is 6.43. The van der Waals surface area contributed by atoms with E-state index in [1.54, 1.807) is 43.7 Å². The van der Waals surface area contributed by atoms with Crippen LogP contribution in [0.5, 0.6) is 0 Å². The van der Waals surface area contributed by atoms with Crippen LogP contribution in [0.25, 0.3) is 11.3 Å². The van der Waals surface area contributed by atoms with E-state index in [2.05, 4.69) is 5.10 Å². The first-order valence-electron chi connectivity index (χ1n) is 8.39.